The molecular formula is C20H34O5. The van der Waals surface area contributed by atoms with Gasteiger partial charge in [0.05, 0.1) is 0 Å². The van der Waals surface area contributed by atoms with Crippen molar-refractivity contribution in [3.8, 4) is 5.75 Å². The summed E-state index contributed by atoms with van der Waals surface area (Å²) in [6.07, 6.45) is 6.83. The van der Waals surface area contributed by atoms with Crippen molar-refractivity contribution in [3.63, 3.8) is 0 Å². The highest BCUT2D eigenvalue weighted by molar-refractivity contribution is 6.19. The zero-order valence-electron chi connectivity index (χ0n) is 15.8. The second-order valence-electron chi connectivity index (χ2n) is 3.42. The van der Waals surface area contributed by atoms with Crippen LogP contribution in [0.3, 0.4) is 0 Å². The van der Waals surface area contributed by atoms with Gasteiger partial charge in [0.15, 0.2) is 0 Å². The number of aldehydes is 1. The first kappa shape index (κ1) is 37.9. The zero-order valence-corrected chi connectivity index (χ0v) is 15.8. The molecule has 144 valence electrons. The molecule has 0 heterocycles. The molecule has 25 heavy (non-hydrogen) atoms. The molecule has 0 aliphatic rings. The molecule has 1 rings (SSSR count). The average molecular weight is 354 g/mol. The maximum atomic E-state index is 9.00. The maximum Gasteiger partial charge on any atom is 0.368 e. The Morgan fingerprint density at radius 3 is 1.12 bits per heavy atom. The van der Waals surface area contributed by atoms with Crippen LogP contribution in [0.5, 0.6) is 5.75 Å². The smallest absolute Gasteiger partial charge is 0.368 e. The largest absolute Gasteiger partial charge is 0.508 e. The summed E-state index contributed by atoms with van der Waals surface area (Å²) >= 11 is 0. The molecule has 0 atom stereocenters. The number of allylic oxidation sites excluding steroid dienone is 4. The fourth-order valence-corrected chi connectivity index (χ4v) is 0.428. The van der Waals surface area contributed by atoms with Gasteiger partial charge in [-0.2, -0.15) is 0 Å². The van der Waals surface area contributed by atoms with Crippen LogP contribution in [0.2, 0.25) is 0 Å². The summed E-state index contributed by atoms with van der Waals surface area (Å²) < 4.78 is 0. The van der Waals surface area contributed by atoms with Gasteiger partial charge in [-0.15, -0.1) is 26.3 Å². The van der Waals surface area contributed by atoms with Crippen molar-refractivity contribution in [1.82, 2.24) is 0 Å². The fourth-order valence-electron chi connectivity index (χ4n) is 0.428. The average Bonchev–Trinajstić information content (AvgIpc) is 2.52. The number of para-hydroxylation sites is 1. The summed E-state index contributed by atoms with van der Waals surface area (Å²) in [5, 5.41) is 16.0. The van der Waals surface area contributed by atoms with E-state index in [0.29, 0.717) is 5.75 Å². The van der Waals surface area contributed by atoms with Crippen molar-refractivity contribution in [3.05, 3.63) is 81.0 Å². The van der Waals surface area contributed by atoms with Gasteiger partial charge < -0.3 is 15.7 Å². The first-order valence-electron chi connectivity index (χ1n) is 7.03. The Balaban J connectivity index is -0.0000000452. The normalized spacial score (nSPS) is 5.76. The molecule has 0 aliphatic heterocycles. The van der Waals surface area contributed by atoms with Crippen molar-refractivity contribution in [1.29, 1.82) is 0 Å². The standard InChI is InChI=1S/C6H6O.4C3H6.C2H2O3.H2O/c7-6-4-2-1-3-5-6;4*1-3-2;3-1-2(4)5;/h1-5,7H;4*3H,1H2,2H3;1H,(H,4,5);1H2. The third-order valence-corrected chi connectivity index (χ3v) is 0.857. The molecule has 1 aromatic rings. The molecule has 0 bridgehead atoms. The molecule has 5 nitrogen and oxygen atoms in total. The van der Waals surface area contributed by atoms with E-state index >= 15 is 0 Å². The highest BCUT2D eigenvalue weighted by Crippen LogP contribution is 2.02. The van der Waals surface area contributed by atoms with E-state index in [9.17, 15) is 0 Å². The molecule has 0 aromatic heterocycles. The predicted octanol–water partition coefficient (Wildman–Crippen LogP) is 4.61. The van der Waals surface area contributed by atoms with Gasteiger partial charge in [0.25, 0.3) is 0 Å². The number of hydrogen-bond acceptors (Lipinski definition) is 3. The molecule has 0 spiro atoms. The number of aromatic hydroxyl groups is 1. The van der Waals surface area contributed by atoms with E-state index in [0.717, 1.165) is 0 Å². The van der Waals surface area contributed by atoms with Crippen LogP contribution in [0, 0.1) is 0 Å². The van der Waals surface area contributed by atoms with Crippen LogP contribution < -0.4 is 0 Å². The summed E-state index contributed by atoms with van der Waals surface area (Å²) in [6, 6.07) is 8.71. The van der Waals surface area contributed by atoms with Gasteiger partial charge in [-0.25, -0.2) is 4.79 Å². The van der Waals surface area contributed by atoms with Crippen LogP contribution in [-0.4, -0.2) is 27.9 Å². The van der Waals surface area contributed by atoms with E-state index < -0.39 is 5.97 Å². The topological polar surface area (TPSA) is 106 Å². The van der Waals surface area contributed by atoms with Gasteiger partial charge in [0, 0.05) is 0 Å². The molecule has 5 heteroatoms. The van der Waals surface area contributed by atoms with E-state index in [1.54, 1.807) is 48.6 Å². The van der Waals surface area contributed by atoms with Crippen LogP contribution in [-0.2, 0) is 9.59 Å². The minimum absolute atomic E-state index is 0. The second-order valence-corrected chi connectivity index (χ2v) is 3.42. The van der Waals surface area contributed by atoms with Gasteiger partial charge in [-0.05, 0) is 39.8 Å². The quantitative estimate of drug-likeness (QED) is 0.436. The molecule has 0 amide bonds. The summed E-state index contributed by atoms with van der Waals surface area (Å²) in [5.74, 6) is -1.10. The van der Waals surface area contributed by atoms with Crippen LogP contribution in [0.25, 0.3) is 0 Å². The summed E-state index contributed by atoms with van der Waals surface area (Å²) in [4.78, 5) is 17.9. The molecular weight excluding hydrogens is 320 g/mol. The number of aliphatic carboxylic acids is 1. The lowest BCUT2D eigenvalue weighted by Gasteiger charge is -1.82. The fraction of sp³-hybridized carbons (Fsp3) is 0.200. The second kappa shape index (κ2) is 49.7. The van der Waals surface area contributed by atoms with E-state index in [4.69, 9.17) is 19.8 Å². The zero-order chi connectivity index (χ0) is 20.2. The molecule has 4 N–H and O–H groups in total. The van der Waals surface area contributed by atoms with E-state index in [2.05, 4.69) is 26.3 Å². The van der Waals surface area contributed by atoms with Crippen LogP contribution in [0.4, 0.5) is 0 Å². The number of carboxylic acid groups (broad SMARTS) is 1. The molecule has 0 saturated carbocycles. The first-order chi connectivity index (χ1) is 11.3. The van der Waals surface area contributed by atoms with E-state index in [1.165, 1.54) is 0 Å². The lowest BCUT2D eigenvalue weighted by Crippen LogP contribution is -1.91. The Bertz CT molecular complexity index is 374. The minimum atomic E-state index is -1.43. The summed E-state index contributed by atoms with van der Waals surface area (Å²) in [7, 11) is 0. The Hall–Kier alpha value is -2.92. The number of carbonyl (C=O) groups excluding carboxylic acids is 1. The third-order valence-electron chi connectivity index (χ3n) is 0.857. The van der Waals surface area contributed by atoms with Gasteiger partial charge >= 0.3 is 5.97 Å². The van der Waals surface area contributed by atoms with Crippen molar-refractivity contribution in [2.24, 2.45) is 0 Å². The van der Waals surface area contributed by atoms with E-state index in [1.807, 2.05) is 33.8 Å². The minimum Gasteiger partial charge on any atom is -0.508 e. The van der Waals surface area contributed by atoms with Crippen LogP contribution in [0.1, 0.15) is 27.7 Å². The van der Waals surface area contributed by atoms with Crippen molar-refractivity contribution >= 4 is 12.3 Å². The first-order valence-corrected chi connectivity index (χ1v) is 7.03. The Morgan fingerprint density at radius 2 is 1.04 bits per heavy atom. The Labute approximate surface area is 152 Å². The number of carbonyl (C=O) groups is 2. The maximum absolute atomic E-state index is 9.00. The van der Waals surface area contributed by atoms with Crippen molar-refractivity contribution < 1.29 is 25.3 Å². The number of carboxylic acids is 1. The van der Waals surface area contributed by atoms with Gasteiger partial charge in [-0.3, -0.25) is 4.79 Å². The van der Waals surface area contributed by atoms with Crippen LogP contribution in [0.15, 0.2) is 81.0 Å². The van der Waals surface area contributed by atoms with Gasteiger partial charge in [0.1, 0.15) is 5.75 Å². The summed E-state index contributed by atoms with van der Waals surface area (Å²) in [5.41, 5.74) is 0. The van der Waals surface area contributed by atoms with Gasteiger partial charge in [0.2, 0.25) is 6.29 Å². The van der Waals surface area contributed by atoms with Crippen LogP contribution >= 0.6 is 0 Å². The predicted molar refractivity (Wildman–Crippen MR) is 109 cm³/mol. The number of rotatable bonds is 1. The van der Waals surface area contributed by atoms with Crippen molar-refractivity contribution in [2.75, 3.05) is 0 Å². The Morgan fingerprint density at radius 1 is 0.840 bits per heavy atom. The Kier molecular flexibility index (Phi) is 75.4. The highest BCUT2D eigenvalue weighted by atomic mass is 16.4. The van der Waals surface area contributed by atoms with Gasteiger partial charge in [-0.1, -0.05) is 42.5 Å². The number of hydrogen-bond donors (Lipinski definition) is 2. The molecule has 0 unspecified atom stereocenters. The van der Waals surface area contributed by atoms with Crippen molar-refractivity contribution in [2.45, 2.75) is 27.7 Å². The lowest BCUT2D eigenvalue weighted by atomic mass is 10.3. The molecule has 0 radical (unpaired) electrons. The number of phenols is 1. The molecule has 0 fully saturated rings. The monoisotopic (exact) mass is 354 g/mol. The summed E-state index contributed by atoms with van der Waals surface area (Å²) in [6.45, 7) is 21.0. The molecule has 0 aliphatic carbocycles. The number of benzene rings is 1. The SMILES string of the molecule is C=CC.C=CC.C=CC.C=CC.O.O=CC(=O)O.Oc1ccccc1. The molecule has 0 saturated heterocycles. The molecule has 1 aromatic carbocycles. The third kappa shape index (κ3) is 153. The highest BCUT2D eigenvalue weighted by Gasteiger charge is 1.80. The number of phenolic OH excluding ortho intramolecular Hbond substituents is 1. The van der Waals surface area contributed by atoms with E-state index in [-0.39, 0.29) is 11.8 Å². The lowest BCUT2D eigenvalue weighted by molar-refractivity contribution is -0.143.